The lowest BCUT2D eigenvalue weighted by Crippen LogP contribution is -2.29. The van der Waals surface area contributed by atoms with Crippen LogP contribution in [0.2, 0.25) is 0 Å². The zero-order valence-corrected chi connectivity index (χ0v) is 21.5. The van der Waals surface area contributed by atoms with Crippen LogP contribution in [0, 0.1) is 13.8 Å². The molecule has 0 bridgehead atoms. The number of amides is 1. The van der Waals surface area contributed by atoms with Crippen LogP contribution in [0.1, 0.15) is 51.1 Å². The Morgan fingerprint density at radius 1 is 1.00 bits per heavy atom. The molecule has 190 valence electrons. The van der Waals surface area contributed by atoms with Crippen LogP contribution in [-0.2, 0) is 20.7 Å². The van der Waals surface area contributed by atoms with Crippen molar-refractivity contribution in [3.8, 4) is 5.75 Å². The molecule has 0 aromatic heterocycles. The lowest BCUT2D eigenvalue weighted by Gasteiger charge is -2.26. The van der Waals surface area contributed by atoms with Crippen LogP contribution in [0.4, 0.5) is 5.69 Å². The van der Waals surface area contributed by atoms with Gasteiger partial charge in [0.2, 0.25) is 0 Å². The van der Waals surface area contributed by atoms with Crippen LogP contribution in [0.5, 0.6) is 5.75 Å². The van der Waals surface area contributed by atoms with E-state index in [1.807, 2.05) is 51.1 Å². The maximum atomic E-state index is 13.5. The number of aliphatic hydroxyl groups excluding tert-OH is 1. The zero-order chi connectivity index (χ0) is 26.9. The molecule has 1 fully saturated rings. The van der Waals surface area contributed by atoms with E-state index in [-0.39, 0.29) is 16.9 Å². The molecule has 1 N–H and O–H groups in total. The summed E-state index contributed by atoms with van der Waals surface area (Å²) >= 11 is 0. The quantitative estimate of drug-likeness (QED) is 0.214. The molecule has 1 saturated heterocycles. The third-order valence-corrected chi connectivity index (χ3v) is 6.57. The molecule has 1 atom stereocenters. The maximum absolute atomic E-state index is 13.5. The largest absolute Gasteiger partial charge is 0.507 e. The fourth-order valence-corrected chi connectivity index (χ4v) is 4.80. The average Bonchev–Trinajstić information content (AvgIpc) is 3.17. The predicted octanol–water partition coefficient (Wildman–Crippen LogP) is 5.29. The summed E-state index contributed by atoms with van der Waals surface area (Å²) in [5.74, 6) is -2.11. The molecule has 0 spiro atoms. The first-order valence-electron chi connectivity index (χ1n) is 12.0. The molecule has 3 aromatic rings. The minimum absolute atomic E-state index is 0.0546. The standard InChI is InChI=1S/C30H29NO6/c1-6-19-10-12-20(13-11-19)25-24(26(32)23-15-17(2)14-18(3)28(23)36-4)27(33)29(34)31(25)22-9-7-8-21(16-22)30(35)37-5/h7-16,25,32H,6H2,1-5H3/b26-24+. The molecule has 1 aliphatic heterocycles. The number of Topliss-reactive ketones (excluding diaryl/α,β-unsaturated/α-hetero) is 1. The highest BCUT2D eigenvalue weighted by molar-refractivity contribution is 6.51. The number of benzene rings is 3. The van der Waals surface area contributed by atoms with E-state index in [9.17, 15) is 19.5 Å². The van der Waals surface area contributed by atoms with Crippen LogP contribution >= 0.6 is 0 Å². The third kappa shape index (κ3) is 4.60. The second kappa shape index (κ2) is 10.3. The van der Waals surface area contributed by atoms with Crippen molar-refractivity contribution < 1.29 is 29.0 Å². The van der Waals surface area contributed by atoms with Gasteiger partial charge in [0.25, 0.3) is 11.7 Å². The van der Waals surface area contributed by atoms with Gasteiger partial charge in [0.1, 0.15) is 11.5 Å². The summed E-state index contributed by atoms with van der Waals surface area (Å²) in [6.45, 7) is 5.76. The molecule has 1 aliphatic rings. The molecule has 3 aromatic carbocycles. The number of ether oxygens (including phenoxy) is 2. The smallest absolute Gasteiger partial charge is 0.337 e. The average molecular weight is 500 g/mol. The molecule has 0 radical (unpaired) electrons. The van der Waals surface area contributed by atoms with Gasteiger partial charge >= 0.3 is 5.97 Å². The normalized spacial score (nSPS) is 16.7. The number of esters is 1. The number of hydrogen-bond donors (Lipinski definition) is 1. The van der Waals surface area contributed by atoms with Crippen LogP contribution in [0.25, 0.3) is 5.76 Å². The number of carbonyl (C=O) groups excluding carboxylic acids is 3. The first-order valence-corrected chi connectivity index (χ1v) is 12.0. The molecule has 7 nitrogen and oxygen atoms in total. The number of anilines is 1. The number of aryl methyl sites for hydroxylation is 3. The van der Waals surface area contributed by atoms with E-state index in [1.54, 1.807) is 24.3 Å². The lowest BCUT2D eigenvalue weighted by molar-refractivity contribution is -0.132. The number of carbonyl (C=O) groups is 3. The van der Waals surface area contributed by atoms with Gasteiger partial charge in [0.15, 0.2) is 0 Å². The molecular formula is C30H29NO6. The number of aliphatic hydroxyl groups is 1. The summed E-state index contributed by atoms with van der Waals surface area (Å²) < 4.78 is 10.4. The van der Waals surface area contributed by atoms with Crippen LogP contribution in [0.15, 0.2) is 66.2 Å². The Kier molecular flexibility index (Phi) is 7.16. The van der Waals surface area contributed by atoms with Gasteiger partial charge in [-0.3, -0.25) is 14.5 Å². The van der Waals surface area contributed by atoms with E-state index >= 15 is 0 Å². The summed E-state index contributed by atoms with van der Waals surface area (Å²) in [6, 6.07) is 16.6. The molecule has 1 unspecified atom stereocenters. The fraction of sp³-hybridized carbons (Fsp3) is 0.233. The van der Waals surface area contributed by atoms with Gasteiger partial charge in [-0.2, -0.15) is 0 Å². The first kappa shape index (κ1) is 25.7. The summed E-state index contributed by atoms with van der Waals surface area (Å²) in [4.78, 5) is 40.5. The van der Waals surface area contributed by atoms with Gasteiger partial charge < -0.3 is 14.6 Å². The second-order valence-corrected chi connectivity index (χ2v) is 8.97. The Hall–Kier alpha value is -4.39. The molecule has 1 amide bonds. The SMILES string of the molecule is CCc1ccc(C2/C(=C(\O)c3cc(C)cc(C)c3OC)C(=O)C(=O)N2c2cccc(C(=O)OC)c2)cc1. The highest BCUT2D eigenvalue weighted by atomic mass is 16.5. The van der Waals surface area contributed by atoms with Gasteiger partial charge in [-0.25, -0.2) is 4.79 Å². The predicted molar refractivity (Wildman–Crippen MR) is 141 cm³/mol. The van der Waals surface area contributed by atoms with E-state index < -0.39 is 23.7 Å². The molecule has 37 heavy (non-hydrogen) atoms. The number of methoxy groups -OCH3 is 2. The Morgan fingerprint density at radius 3 is 2.32 bits per heavy atom. The first-order chi connectivity index (χ1) is 17.7. The highest BCUT2D eigenvalue weighted by Crippen LogP contribution is 2.44. The summed E-state index contributed by atoms with van der Waals surface area (Å²) in [5, 5.41) is 11.6. The molecule has 0 aliphatic carbocycles. The van der Waals surface area contributed by atoms with Crippen molar-refractivity contribution in [1.29, 1.82) is 0 Å². The van der Waals surface area contributed by atoms with E-state index in [2.05, 4.69) is 0 Å². The Bertz CT molecular complexity index is 1420. The number of rotatable bonds is 6. The summed E-state index contributed by atoms with van der Waals surface area (Å²) in [6.07, 6.45) is 0.821. The fourth-order valence-electron chi connectivity index (χ4n) is 4.80. The van der Waals surface area contributed by atoms with Crippen molar-refractivity contribution in [2.45, 2.75) is 33.2 Å². The van der Waals surface area contributed by atoms with Crippen molar-refractivity contribution in [2.24, 2.45) is 0 Å². The minimum atomic E-state index is -0.927. The number of ketones is 1. The Morgan fingerprint density at radius 2 is 1.70 bits per heavy atom. The number of nitrogens with zero attached hydrogens (tertiary/aromatic N) is 1. The van der Waals surface area contributed by atoms with E-state index in [4.69, 9.17) is 9.47 Å². The van der Waals surface area contributed by atoms with Crippen molar-refractivity contribution in [3.63, 3.8) is 0 Å². The van der Waals surface area contributed by atoms with Crippen molar-refractivity contribution in [3.05, 3.63) is 99.6 Å². The van der Waals surface area contributed by atoms with Crippen molar-refractivity contribution in [2.75, 3.05) is 19.1 Å². The van der Waals surface area contributed by atoms with Gasteiger partial charge in [-0.05, 0) is 66.8 Å². The zero-order valence-electron chi connectivity index (χ0n) is 21.5. The molecule has 0 saturated carbocycles. The van der Waals surface area contributed by atoms with Crippen LogP contribution in [0.3, 0.4) is 0 Å². The van der Waals surface area contributed by atoms with Crippen LogP contribution in [-0.4, -0.2) is 37.0 Å². The monoisotopic (exact) mass is 499 g/mol. The van der Waals surface area contributed by atoms with E-state index in [1.165, 1.54) is 25.2 Å². The van der Waals surface area contributed by atoms with Crippen LogP contribution < -0.4 is 9.64 Å². The Labute approximate surface area is 215 Å². The Balaban J connectivity index is 1.99. The van der Waals surface area contributed by atoms with Crippen molar-refractivity contribution in [1.82, 2.24) is 0 Å². The summed E-state index contributed by atoms with van der Waals surface area (Å²) in [7, 11) is 2.76. The van der Waals surface area contributed by atoms with E-state index in [0.717, 1.165) is 23.1 Å². The maximum Gasteiger partial charge on any atom is 0.337 e. The molecular weight excluding hydrogens is 470 g/mol. The van der Waals surface area contributed by atoms with Gasteiger partial charge in [0.05, 0.1) is 37.0 Å². The molecule has 7 heteroatoms. The van der Waals surface area contributed by atoms with E-state index in [0.29, 0.717) is 22.6 Å². The minimum Gasteiger partial charge on any atom is -0.507 e. The highest BCUT2D eigenvalue weighted by Gasteiger charge is 2.47. The topological polar surface area (TPSA) is 93.1 Å². The number of hydrogen-bond acceptors (Lipinski definition) is 6. The van der Waals surface area contributed by atoms with Gasteiger partial charge in [-0.1, -0.05) is 43.3 Å². The van der Waals surface area contributed by atoms with Gasteiger partial charge in [0, 0.05) is 5.69 Å². The molecule has 4 rings (SSSR count). The lowest BCUT2D eigenvalue weighted by atomic mass is 9.93. The summed E-state index contributed by atoms with van der Waals surface area (Å²) in [5.41, 5.74) is 4.22. The van der Waals surface area contributed by atoms with Crippen molar-refractivity contribution >= 4 is 29.1 Å². The second-order valence-electron chi connectivity index (χ2n) is 8.97. The van der Waals surface area contributed by atoms with Gasteiger partial charge in [-0.15, -0.1) is 0 Å². The third-order valence-electron chi connectivity index (χ3n) is 6.57. The molecule has 1 heterocycles.